The molecule has 3 aromatic rings. The van der Waals surface area contributed by atoms with Crippen molar-refractivity contribution < 1.29 is 0 Å². The number of benzene rings is 2. The topological polar surface area (TPSA) is 45.8 Å². The van der Waals surface area contributed by atoms with Gasteiger partial charge in [-0.3, -0.25) is 4.79 Å². The van der Waals surface area contributed by atoms with Crippen molar-refractivity contribution in [2.75, 3.05) is 0 Å². The zero-order valence-electron chi connectivity index (χ0n) is 10.8. The molecule has 0 saturated carbocycles. The number of nitrogens with zero attached hydrogens (tertiary/aromatic N) is 1. The molecule has 5 heteroatoms. The lowest BCUT2D eigenvalue weighted by Crippen LogP contribution is -2.10. The highest BCUT2D eigenvalue weighted by Gasteiger charge is 2.06. The number of hydrogen-bond acceptors (Lipinski definition) is 2. The Bertz CT molecular complexity index is 883. The van der Waals surface area contributed by atoms with Gasteiger partial charge in [0.25, 0.3) is 5.56 Å². The average Bonchev–Trinajstić information content (AvgIpc) is 2.49. The molecule has 0 aliphatic rings. The second kappa shape index (κ2) is 5.72. The van der Waals surface area contributed by atoms with Crippen molar-refractivity contribution >= 4 is 45.2 Å². The minimum absolute atomic E-state index is 0.210. The van der Waals surface area contributed by atoms with E-state index in [1.165, 1.54) is 0 Å². The average molecular weight is 317 g/mol. The summed E-state index contributed by atoms with van der Waals surface area (Å²) < 4.78 is 0. The van der Waals surface area contributed by atoms with Crippen LogP contribution in [0.1, 0.15) is 11.4 Å². The Morgan fingerprint density at radius 1 is 1.10 bits per heavy atom. The largest absolute Gasteiger partial charge is 0.305 e. The lowest BCUT2D eigenvalue weighted by atomic mass is 10.2. The smallest absolute Gasteiger partial charge is 0.259 e. The van der Waals surface area contributed by atoms with E-state index in [0.717, 1.165) is 5.56 Å². The molecule has 0 radical (unpaired) electrons. The molecule has 0 atom stereocenters. The number of rotatable bonds is 2. The first-order chi connectivity index (χ1) is 10.1. The van der Waals surface area contributed by atoms with Crippen molar-refractivity contribution in [1.29, 1.82) is 0 Å². The van der Waals surface area contributed by atoms with Crippen LogP contribution in [-0.2, 0) is 0 Å². The van der Waals surface area contributed by atoms with Crippen LogP contribution < -0.4 is 5.56 Å². The zero-order valence-corrected chi connectivity index (χ0v) is 12.3. The summed E-state index contributed by atoms with van der Waals surface area (Å²) in [4.78, 5) is 19.1. The van der Waals surface area contributed by atoms with Gasteiger partial charge in [-0.1, -0.05) is 47.5 Å². The number of H-pyrrole nitrogens is 1. The Morgan fingerprint density at radius 2 is 1.81 bits per heavy atom. The molecule has 0 unspecified atom stereocenters. The van der Waals surface area contributed by atoms with E-state index in [1.807, 2.05) is 18.2 Å². The van der Waals surface area contributed by atoms with Crippen molar-refractivity contribution in [2.24, 2.45) is 0 Å². The van der Waals surface area contributed by atoms with E-state index in [0.29, 0.717) is 26.8 Å². The Labute approximate surface area is 130 Å². The number of hydrogen-bond donors (Lipinski definition) is 1. The second-order valence-electron chi connectivity index (χ2n) is 4.48. The van der Waals surface area contributed by atoms with E-state index in [2.05, 4.69) is 9.97 Å². The molecular formula is C16H10Cl2N2O. The van der Waals surface area contributed by atoms with Crippen LogP contribution in [0.5, 0.6) is 0 Å². The fourth-order valence-electron chi connectivity index (χ4n) is 1.97. The first kappa shape index (κ1) is 13.9. The van der Waals surface area contributed by atoms with Crippen LogP contribution in [0.2, 0.25) is 5.02 Å². The van der Waals surface area contributed by atoms with Crippen molar-refractivity contribution in [3.8, 4) is 0 Å². The lowest BCUT2D eigenvalue weighted by Gasteiger charge is -2.02. The summed E-state index contributed by atoms with van der Waals surface area (Å²) in [5, 5.41) is 1.55. The van der Waals surface area contributed by atoms with Gasteiger partial charge in [0.2, 0.25) is 0 Å². The molecule has 1 aromatic heterocycles. The molecule has 0 fully saturated rings. The summed E-state index contributed by atoms with van der Waals surface area (Å²) in [6, 6.07) is 14.3. The second-order valence-corrected chi connectivity index (χ2v) is 5.32. The molecule has 21 heavy (non-hydrogen) atoms. The summed E-state index contributed by atoms with van der Waals surface area (Å²) in [7, 11) is 0. The standard InChI is InChI=1S/C16H10Cl2N2O/c17-11-7-5-10(6-8-11)9-13(18)15-19-14-4-2-1-3-12(14)16(21)20-15/h1-9H,(H,19,20,21)/b13-9+. The van der Waals surface area contributed by atoms with E-state index in [4.69, 9.17) is 23.2 Å². The highest BCUT2D eigenvalue weighted by molar-refractivity contribution is 6.50. The monoisotopic (exact) mass is 316 g/mol. The molecule has 1 N–H and O–H groups in total. The molecular weight excluding hydrogens is 307 g/mol. The predicted molar refractivity (Wildman–Crippen MR) is 87.5 cm³/mol. The molecule has 0 amide bonds. The third kappa shape index (κ3) is 2.99. The maximum Gasteiger partial charge on any atom is 0.259 e. The molecule has 0 aliphatic carbocycles. The fourth-order valence-corrected chi connectivity index (χ4v) is 2.31. The predicted octanol–water partition coefficient (Wildman–Crippen LogP) is 4.31. The highest BCUT2D eigenvalue weighted by atomic mass is 35.5. The number of fused-ring (bicyclic) bond motifs is 1. The van der Waals surface area contributed by atoms with Crippen molar-refractivity contribution in [3.05, 3.63) is 75.3 Å². The first-order valence-electron chi connectivity index (χ1n) is 6.26. The van der Waals surface area contributed by atoms with Crippen LogP contribution in [0, 0.1) is 0 Å². The zero-order chi connectivity index (χ0) is 14.8. The minimum Gasteiger partial charge on any atom is -0.305 e. The van der Waals surface area contributed by atoms with Gasteiger partial charge >= 0.3 is 0 Å². The van der Waals surface area contributed by atoms with Crippen LogP contribution in [0.25, 0.3) is 22.0 Å². The fraction of sp³-hybridized carbons (Fsp3) is 0. The Hall–Kier alpha value is -2.10. The maximum atomic E-state index is 12.0. The van der Waals surface area contributed by atoms with E-state index >= 15 is 0 Å². The minimum atomic E-state index is -0.210. The number of aromatic nitrogens is 2. The number of halogens is 2. The summed E-state index contributed by atoms with van der Waals surface area (Å²) >= 11 is 12.1. The number of nitrogens with one attached hydrogen (secondary N) is 1. The van der Waals surface area contributed by atoms with Gasteiger partial charge in [0.05, 0.1) is 15.9 Å². The normalized spacial score (nSPS) is 11.8. The van der Waals surface area contributed by atoms with Crippen molar-refractivity contribution in [2.45, 2.75) is 0 Å². The van der Waals surface area contributed by atoms with Crippen LogP contribution in [-0.4, -0.2) is 9.97 Å². The quantitative estimate of drug-likeness (QED) is 0.765. The van der Waals surface area contributed by atoms with E-state index in [-0.39, 0.29) is 5.56 Å². The highest BCUT2D eigenvalue weighted by Crippen LogP contribution is 2.20. The molecule has 3 nitrogen and oxygen atoms in total. The first-order valence-corrected chi connectivity index (χ1v) is 7.01. The van der Waals surface area contributed by atoms with Crippen LogP contribution in [0.4, 0.5) is 0 Å². The van der Waals surface area contributed by atoms with Gasteiger partial charge in [0.15, 0.2) is 5.82 Å². The lowest BCUT2D eigenvalue weighted by molar-refractivity contribution is 1.14. The Balaban J connectivity index is 2.07. The molecule has 0 saturated heterocycles. The van der Waals surface area contributed by atoms with Crippen molar-refractivity contribution in [3.63, 3.8) is 0 Å². The summed E-state index contributed by atoms with van der Waals surface area (Å²) in [6.07, 6.45) is 1.73. The van der Waals surface area contributed by atoms with E-state index in [1.54, 1.807) is 36.4 Å². The van der Waals surface area contributed by atoms with Gasteiger partial charge in [0, 0.05) is 5.02 Å². The van der Waals surface area contributed by atoms with Crippen LogP contribution >= 0.6 is 23.2 Å². The summed E-state index contributed by atoms with van der Waals surface area (Å²) in [5.41, 5.74) is 1.28. The molecule has 2 aromatic carbocycles. The molecule has 0 bridgehead atoms. The Kier molecular flexibility index (Phi) is 3.78. The van der Waals surface area contributed by atoms with Gasteiger partial charge in [-0.05, 0) is 35.9 Å². The Morgan fingerprint density at radius 3 is 2.57 bits per heavy atom. The SMILES string of the molecule is O=c1[nH]c(/C(Cl)=C\c2ccc(Cl)cc2)nc2ccccc12. The van der Waals surface area contributed by atoms with Crippen LogP contribution in [0.15, 0.2) is 53.3 Å². The summed E-state index contributed by atoms with van der Waals surface area (Å²) in [6.45, 7) is 0. The van der Waals surface area contributed by atoms with Gasteiger partial charge in [-0.25, -0.2) is 4.98 Å². The van der Waals surface area contributed by atoms with Crippen LogP contribution in [0.3, 0.4) is 0 Å². The maximum absolute atomic E-state index is 12.0. The molecule has 3 rings (SSSR count). The number of aromatic amines is 1. The van der Waals surface area contributed by atoms with Gasteiger partial charge in [0.1, 0.15) is 0 Å². The summed E-state index contributed by atoms with van der Waals surface area (Å²) in [5.74, 6) is 0.343. The molecule has 0 aliphatic heterocycles. The van der Waals surface area contributed by atoms with Gasteiger partial charge in [-0.15, -0.1) is 0 Å². The third-order valence-electron chi connectivity index (χ3n) is 3.00. The van der Waals surface area contributed by atoms with E-state index < -0.39 is 0 Å². The third-order valence-corrected chi connectivity index (χ3v) is 3.54. The van der Waals surface area contributed by atoms with Gasteiger partial charge < -0.3 is 4.98 Å². The number of para-hydroxylation sites is 1. The van der Waals surface area contributed by atoms with Crippen molar-refractivity contribution in [1.82, 2.24) is 9.97 Å². The van der Waals surface area contributed by atoms with E-state index in [9.17, 15) is 4.79 Å². The van der Waals surface area contributed by atoms with Gasteiger partial charge in [-0.2, -0.15) is 0 Å². The molecule has 1 heterocycles. The molecule has 104 valence electrons. The molecule has 0 spiro atoms.